The average Bonchev–Trinajstić information content (AvgIpc) is 2.54. The summed E-state index contributed by atoms with van der Waals surface area (Å²) in [5.74, 6) is 0.952. The van der Waals surface area contributed by atoms with Gasteiger partial charge in [-0.05, 0) is 31.5 Å². The average molecular weight is 190 g/mol. The minimum absolute atomic E-state index is 0.671. The van der Waals surface area contributed by atoms with Crippen LogP contribution in [0.5, 0.6) is 0 Å². The molecule has 2 aromatic rings. The van der Waals surface area contributed by atoms with Crippen molar-refractivity contribution in [1.29, 1.82) is 0 Å². The molecule has 1 heterocycles. The summed E-state index contributed by atoms with van der Waals surface area (Å²) in [5.41, 5.74) is 3.28. The Morgan fingerprint density at radius 1 is 1.43 bits per heavy atom. The predicted octanol–water partition coefficient (Wildman–Crippen LogP) is 2.41. The van der Waals surface area contributed by atoms with E-state index in [9.17, 15) is 0 Å². The monoisotopic (exact) mass is 190 g/mol. The van der Waals surface area contributed by atoms with E-state index in [0.29, 0.717) is 6.61 Å². The van der Waals surface area contributed by atoms with Crippen LogP contribution in [0.4, 0.5) is 0 Å². The van der Waals surface area contributed by atoms with E-state index in [0.717, 1.165) is 23.5 Å². The number of hydrogen-bond acceptors (Lipinski definition) is 2. The summed E-state index contributed by atoms with van der Waals surface area (Å²) in [5, 5.41) is 0. The highest BCUT2D eigenvalue weighted by atomic mass is 16.5. The first-order chi connectivity index (χ1) is 6.79. The van der Waals surface area contributed by atoms with Crippen molar-refractivity contribution in [2.45, 2.75) is 20.5 Å². The molecule has 0 bridgehead atoms. The van der Waals surface area contributed by atoms with E-state index in [1.54, 1.807) is 0 Å². The molecule has 3 heteroatoms. The second-order valence-electron chi connectivity index (χ2n) is 3.31. The number of ether oxygens (including phenoxy) is 1. The van der Waals surface area contributed by atoms with Gasteiger partial charge in [0.25, 0.3) is 0 Å². The highest BCUT2D eigenvalue weighted by molar-refractivity contribution is 5.75. The Morgan fingerprint density at radius 2 is 2.29 bits per heavy atom. The molecule has 0 unspecified atom stereocenters. The van der Waals surface area contributed by atoms with E-state index in [-0.39, 0.29) is 0 Å². The van der Waals surface area contributed by atoms with Gasteiger partial charge in [-0.15, -0.1) is 0 Å². The maximum absolute atomic E-state index is 5.34. The van der Waals surface area contributed by atoms with Gasteiger partial charge in [-0.1, -0.05) is 6.07 Å². The summed E-state index contributed by atoms with van der Waals surface area (Å²) in [6.45, 7) is 5.38. The van der Waals surface area contributed by atoms with Crippen LogP contribution in [0.25, 0.3) is 11.0 Å². The smallest absolute Gasteiger partial charge is 0.104 e. The van der Waals surface area contributed by atoms with Crippen molar-refractivity contribution in [3.05, 3.63) is 29.6 Å². The van der Waals surface area contributed by atoms with Crippen molar-refractivity contribution in [1.82, 2.24) is 9.97 Å². The second-order valence-corrected chi connectivity index (χ2v) is 3.31. The van der Waals surface area contributed by atoms with Crippen molar-refractivity contribution >= 4 is 11.0 Å². The molecule has 0 atom stereocenters. The Balaban J connectivity index is 2.31. The van der Waals surface area contributed by atoms with E-state index in [2.05, 4.69) is 22.1 Å². The summed E-state index contributed by atoms with van der Waals surface area (Å²) in [7, 11) is 0. The molecular weight excluding hydrogens is 176 g/mol. The number of nitrogens with one attached hydrogen (secondary N) is 1. The Bertz CT molecular complexity index is 434. The number of rotatable bonds is 3. The molecule has 2 rings (SSSR count). The molecular formula is C11H14N2O. The van der Waals surface area contributed by atoms with Crippen LogP contribution in [-0.2, 0) is 11.3 Å². The van der Waals surface area contributed by atoms with Gasteiger partial charge in [-0.25, -0.2) is 4.98 Å². The van der Waals surface area contributed by atoms with Crippen LogP contribution in [0.1, 0.15) is 18.3 Å². The molecule has 0 aliphatic heterocycles. The van der Waals surface area contributed by atoms with Gasteiger partial charge >= 0.3 is 0 Å². The molecule has 0 aliphatic carbocycles. The third kappa shape index (κ3) is 1.77. The fourth-order valence-electron chi connectivity index (χ4n) is 1.49. The molecule has 0 saturated heterocycles. The Hall–Kier alpha value is -1.35. The first-order valence-corrected chi connectivity index (χ1v) is 4.82. The van der Waals surface area contributed by atoms with E-state index in [1.165, 1.54) is 5.56 Å². The predicted molar refractivity (Wildman–Crippen MR) is 56.2 cm³/mol. The molecule has 3 nitrogen and oxygen atoms in total. The molecule has 1 aromatic carbocycles. The minimum atomic E-state index is 0.671. The molecule has 0 saturated carbocycles. The largest absolute Gasteiger partial charge is 0.377 e. The van der Waals surface area contributed by atoms with E-state index in [4.69, 9.17) is 4.74 Å². The quantitative estimate of drug-likeness (QED) is 0.807. The van der Waals surface area contributed by atoms with E-state index < -0.39 is 0 Å². The number of fused-ring (bicyclic) bond motifs is 1. The van der Waals surface area contributed by atoms with Gasteiger partial charge in [0, 0.05) is 6.61 Å². The zero-order valence-electron chi connectivity index (χ0n) is 8.50. The first-order valence-electron chi connectivity index (χ1n) is 4.82. The lowest BCUT2D eigenvalue weighted by Crippen LogP contribution is -1.91. The van der Waals surface area contributed by atoms with Gasteiger partial charge in [0.1, 0.15) is 5.82 Å². The standard InChI is InChI=1S/C11H14N2O/c1-3-14-7-9-4-5-10-11(6-9)13-8(2)12-10/h4-6H,3,7H2,1-2H3,(H,12,13). The topological polar surface area (TPSA) is 37.9 Å². The van der Waals surface area contributed by atoms with Crippen molar-refractivity contribution in [3.63, 3.8) is 0 Å². The van der Waals surface area contributed by atoms with Gasteiger partial charge in [-0.3, -0.25) is 0 Å². The molecule has 14 heavy (non-hydrogen) atoms. The molecule has 0 radical (unpaired) electrons. The fourth-order valence-corrected chi connectivity index (χ4v) is 1.49. The number of nitrogens with zero attached hydrogens (tertiary/aromatic N) is 1. The van der Waals surface area contributed by atoms with Gasteiger partial charge in [0.05, 0.1) is 17.6 Å². The number of hydrogen-bond donors (Lipinski definition) is 1. The molecule has 74 valence electrons. The maximum Gasteiger partial charge on any atom is 0.104 e. The summed E-state index contributed by atoms with van der Waals surface area (Å²) < 4.78 is 5.34. The van der Waals surface area contributed by atoms with Gasteiger partial charge in [0.15, 0.2) is 0 Å². The Kier molecular flexibility index (Phi) is 2.50. The van der Waals surface area contributed by atoms with Gasteiger partial charge in [0.2, 0.25) is 0 Å². The summed E-state index contributed by atoms with van der Waals surface area (Å²) in [6, 6.07) is 6.16. The van der Waals surface area contributed by atoms with Crippen molar-refractivity contribution in [2.75, 3.05) is 6.61 Å². The van der Waals surface area contributed by atoms with Gasteiger partial charge in [-0.2, -0.15) is 0 Å². The summed E-state index contributed by atoms with van der Waals surface area (Å²) >= 11 is 0. The highest BCUT2D eigenvalue weighted by Gasteiger charge is 2.00. The highest BCUT2D eigenvalue weighted by Crippen LogP contribution is 2.13. The fraction of sp³-hybridized carbons (Fsp3) is 0.364. The van der Waals surface area contributed by atoms with Gasteiger partial charge < -0.3 is 9.72 Å². The van der Waals surface area contributed by atoms with Crippen molar-refractivity contribution in [2.24, 2.45) is 0 Å². The molecule has 0 fully saturated rings. The number of H-pyrrole nitrogens is 1. The van der Waals surface area contributed by atoms with Crippen molar-refractivity contribution in [3.8, 4) is 0 Å². The number of aromatic amines is 1. The molecule has 1 aromatic heterocycles. The number of aromatic nitrogens is 2. The molecule has 1 N–H and O–H groups in total. The second kappa shape index (κ2) is 3.80. The first kappa shape index (κ1) is 9.21. The summed E-state index contributed by atoms with van der Waals surface area (Å²) in [4.78, 5) is 7.55. The molecule has 0 spiro atoms. The van der Waals surface area contributed by atoms with Crippen LogP contribution in [0.3, 0.4) is 0 Å². The summed E-state index contributed by atoms with van der Waals surface area (Å²) in [6.07, 6.45) is 0. The minimum Gasteiger partial charge on any atom is -0.377 e. The van der Waals surface area contributed by atoms with Crippen LogP contribution in [0, 0.1) is 6.92 Å². The Labute approximate surface area is 83.1 Å². The number of imidazole rings is 1. The maximum atomic E-state index is 5.34. The zero-order chi connectivity index (χ0) is 9.97. The lowest BCUT2D eigenvalue weighted by Gasteiger charge is -2.00. The van der Waals surface area contributed by atoms with Crippen LogP contribution in [0.2, 0.25) is 0 Å². The van der Waals surface area contributed by atoms with Crippen molar-refractivity contribution < 1.29 is 4.74 Å². The third-order valence-electron chi connectivity index (χ3n) is 2.14. The molecule has 0 amide bonds. The normalized spacial score (nSPS) is 11.0. The number of aryl methyl sites for hydroxylation is 1. The Morgan fingerprint density at radius 3 is 3.07 bits per heavy atom. The third-order valence-corrected chi connectivity index (χ3v) is 2.14. The lowest BCUT2D eigenvalue weighted by atomic mass is 10.2. The van der Waals surface area contributed by atoms with Crippen LogP contribution >= 0.6 is 0 Å². The van der Waals surface area contributed by atoms with Crippen LogP contribution in [-0.4, -0.2) is 16.6 Å². The molecule has 0 aliphatic rings. The number of benzene rings is 1. The van der Waals surface area contributed by atoms with Crippen LogP contribution < -0.4 is 0 Å². The van der Waals surface area contributed by atoms with Crippen LogP contribution in [0.15, 0.2) is 18.2 Å². The lowest BCUT2D eigenvalue weighted by molar-refractivity contribution is 0.134. The van der Waals surface area contributed by atoms with E-state index >= 15 is 0 Å². The van der Waals surface area contributed by atoms with E-state index in [1.807, 2.05) is 19.9 Å². The SMILES string of the molecule is CCOCc1ccc2nc(C)[nH]c2c1. The zero-order valence-corrected chi connectivity index (χ0v) is 8.50.